The molecule has 2 N–H and O–H groups in total. The van der Waals surface area contributed by atoms with E-state index in [1.54, 1.807) is 15.9 Å². The molecule has 2 fully saturated rings. The van der Waals surface area contributed by atoms with Gasteiger partial charge in [0.25, 0.3) is 0 Å². The van der Waals surface area contributed by atoms with Crippen LogP contribution in [0.2, 0.25) is 0 Å². The average molecular weight is 398 g/mol. The molecule has 2 saturated heterocycles. The normalized spacial score (nSPS) is 24.3. The van der Waals surface area contributed by atoms with Gasteiger partial charge in [0.15, 0.2) is 0 Å². The maximum absolute atomic E-state index is 13.2. The van der Waals surface area contributed by atoms with Crippen LogP contribution < -0.4 is 10.6 Å². The zero-order valence-corrected chi connectivity index (χ0v) is 17.3. The Kier molecular flexibility index (Phi) is 6.22. The van der Waals surface area contributed by atoms with Crippen LogP contribution in [-0.4, -0.2) is 60.6 Å². The van der Waals surface area contributed by atoms with Crippen LogP contribution in [0.3, 0.4) is 0 Å². The van der Waals surface area contributed by atoms with Gasteiger partial charge in [-0.1, -0.05) is 0 Å². The van der Waals surface area contributed by atoms with Crippen molar-refractivity contribution in [1.29, 1.82) is 0 Å². The molecule has 3 rings (SSSR count). The van der Waals surface area contributed by atoms with E-state index in [2.05, 4.69) is 15.7 Å². The quantitative estimate of drug-likeness (QED) is 0.740. The molecular weight excluding hydrogens is 366 g/mol. The standard InChI is InChI=1S/C18H31N5O3S/c1-4-23-14(3)17(13(2)21-23)27(25,26)22-10-6-7-15(12-22)11-20-18(24)16-8-5-9-19-16/h15-16,19H,4-12H2,1-3H3,(H,20,24). The number of rotatable bonds is 6. The van der Waals surface area contributed by atoms with Gasteiger partial charge in [0, 0.05) is 26.2 Å². The smallest absolute Gasteiger partial charge is 0.246 e. The molecule has 27 heavy (non-hydrogen) atoms. The average Bonchev–Trinajstić information content (AvgIpc) is 3.28. The van der Waals surface area contributed by atoms with Crippen LogP contribution in [0.4, 0.5) is 0 Å². The number of hydrogen-bond acceptors (Lipinski definition) is 5. The van der Waals surface area contributed by atoms with E-state index in [0.717, 1.165) is 32.2 Å². The molecule has 9 heteroatoms. The highest BCUT2D eigenvalue weighted by atomic mass is 32.2. The van der Waals surface area contributed by atoms with E-state index in [1.165, 1.54) is 0 Å². The van der Waals surface area contributed by atoms with Gasteiger partial charge in [-0.3, -0.25) is 9.48 Å². The van der Waals surface area contributed by atoms with Crippen molar-refractivity contribution in [2.75, 3.05) is 26.2 Å². The Labute approximate surface area is 161 Å². The van der Waals surface area contributed by atoms with Crippen LogP contribution in [0.1, 0.15) is 44.0 Å². The highest BCUT2D eigenvalue weighted by molar-refractivity contribution is 7.89. The molecule has 3 heterocycles. The van der Waals surface area contributed by atoms with Crippen molar-refractivity contribution in [2.45, 2.75) is 63.9 Å². The van der Waals surface area contributed by atoms with E-state index in [4.69, 9.17) is 0 Å². The van der Waals surface area contributed by atoms with Gasteiger partial charge >= 0.3 is 0 Å². The minimum Gasteiger partial charge on any atom is -0.354 e. The summed E-state index contributed by atoms with van der Waals surface area (Å²) in [6.07, 6.45) is 3.63. The van der Waals surface area contributed by atoms with Gasteiger partial charge < -0.3 is 10.6 Å². The first kappa shape index (κ1) is 20.3. The van der Waals surface area contributed by atoms with E-state index in [9.17, 15) is 13.2 Å². The zero-order chi connectivity index (χ0) is 19.6. The van der Waals surface area contributed by atoms with E-state index >= 15 is 0 Å². The first-order valence-electron chi connectivity index (χ1n) is 9.89. The van der Waals surface area contributed by atoms with Crippen molar-refractivity contribution < 1.29 is 13.2 Å². The van der Waals surface area contributed by atoms with Crippen LogP contribution in [0.25, 0.3) is 0 Å². The van der Waals surface area contributed by atoms with E-state index in [-0.39, 0.29) is 17.9 Å². The number of sulfonamides is 1. The number of carbonyl (C=O) groups is 1. The topological polar surface area (TPSA) is 96.3 Å². The van der Waals surface area contributed by atoms with E-state index in [0.29, 0.717) is 42.5 Å². The molecule has 0 spiro atoms. The first-order chi connectivity index (χ1) is 12.8. The number of amides is 1. The van der Waals surface area contributed by atoms with Crippen LogP contribution in [0.15, 0.2) is 4.90 Å². The van der Waals surface area contributed by atoms with Gasteiger partial charge in [0.1, 0.15) is 4.90 Å². The van der Waals surface area contributed by atoms with Crippen LogP contribution in [-0.2, 0) is 21.4 Å². The van der Waals surface area contributed by atoms with Crippen molar-refractivity contribution in [2.24, 2.45) is 5.92 Å². The number of nitrogens with one attached hydrogen (secondary N) is 2. The summed E-state index contributed by atoms with van der Waals surface area (Å²) in [6, 6.07) is -0.0985. The molecule has 8 nitrogen and oxygen atoms in total. The molecule has 0 aliphatic carbocycles. The lowest BCUT2D eigenvalue weighted by atomic mass is 9.99. The monoisotopic (exact) mass is 397 g/mol. The van der Waals surface area contributed by atoms with Crippen molar-refractivity contribution in [3.8, 4) is 0 Å². The molecule has 0 saturated carbocycles. The van der Waals surface area contributed by atoms with Crippen molar-refractivity contribution in [3.63, 3.8) is 0 Å². The molecular formula is C18H31N5O3S. The molecule has 1 aromatic heterocycles. The van der Waals surface area contributed by atoms with Crippen LogP contribution in [0.5, 0.6) is 0 Å². The molecule has 2 aliphatic heterocycles. The molecule has 0 aromatic carbocycles. The van der Waals surface area contributed by atoms with Gasteiger partial charge in [-0.25, -0.2) is 8.42 Å². The van der Waals surface area contributed by atoms with Gasteiger partial charge in [0.05, 0.1) is 17.4 Å². The fraction of sp³-hybridized carbons (Fsp3) is 0.778. The Bertz CT molecular complexity index is 783. The minimum atomic E-state index is -3.57. The summed E-state index contributed by atoms with van der Waals surface area (Å²) in [5, 5.41) is 10.6. The van der Waals surface area contributed by atoms with E-state index < -0.39 is 10.0 Å². The Morgan fingerprint density at radius 2 is 2.07 bits per heavy atom. The second-order valence-corrected chi connectivity index (χ2v) is 9.46. The summed E-state index contributed by atoms with van der Waals surface area (Å²) >= 11 is 0. The Morgan fingerprint density at radius 3 is 2.70 bits per heavy atom. The Hall–Kier alpha value is -1.45. The number of aromatic nitrogens is 2. The molecule has 1 aromatic rings. The third-order valence-corrected chi connectivity index (χ3v) is 7.75. The highest BCUT2D eigenvalue weighted by Gasteiger charge is 2.34. The summed E-state index contributed by atoms with van der Waals surface area (Å²) < 4.78 is 29.8. The minimum absolute atomic E-state index is 0.0309. The van der Waals surface area contributed by atoms with Crippen molar-refractivity contribution >= 4 is 15.9 Å². The summed E-state index contributed by atoms with van der Waals surface area (Å²) in [6.45, 7) is 8.53. The fourth-order valence-electron chi connectivity index (χ4n) is 4.18. The maximum Gasteiger partial charge on any atom is 0.246 e. The third kappa shape index (κ3) is 4.20. The van der Waals surface area contributed by atoms with Gasteiger partial charge in [-0.05, 0) is 58.9 Å². The van der Waals surface area contributed by atoms with Crippen LogP contribution >= 0.6 is 0 Å². The molecule has 1 amide bonds. The molecule has 0 radical (unpaired) electrons. The van der Waals surface area contributed by atoms with Crippen molar-refractivity contribution in [1.82, 2.24) is 24.7 Å². The fourth-order valence-corrected chi connectivity index (χ4v) is 6.11. The lowest BCUT2D eigenvalue weighted by molar-refractivity contribution is -0.123. The number of hydrogen-bond donors (Lipinski definition) is 2. The Morgan fingerprint density at radius 1 is 1.30 bits per heavy atom. The predicted octanol–water partition coefficient (Wildman–Crippen LogP) is 0.789. The second kappa shape index (κ2) is 8.28. The number of nitrogens with zero attached hydrogens (tertiary/aromatic N) is 3. The SMILES string of the molecule is CCn1nc(C)c(S(=O)(=O)N2CCCC(CNC(=O)C3CCCN3)C2)c1C. The number of piperidine rings is 1. The third-order valence-electron chi connectivity index (χ3n) is 5.64. The Balaban J connectivity index is 1.66. The summed E-state index contributed by atoms with van der Waals surface area (Å²) in [5.74, 6) is 0.170. The number of carbonyl (C=O) groups excluding carboxylic acids is 1. The van der Waals surface area contributed by atoms with E-state index in [1.807, 2.05) is 13.8 Å². The van der Waals surface area contributed by atoms with Gasteiger partial charge in [-0.15, -0.1) is 0 Å². The molecule has 0 bridgehead atoms. The molecule has 2 atom stereocenters. The lowest BCUT2D eigenvalue weighted by Gasteiger charge is -2.32. The highest BCUT2D eigenvalue weighted by Crippen LogP contribution is 2.27. The van der Waals surface area contributed by atoms with Crippen LogP contribution in [0, 0.1) is 19.8 Å². The zero-order valence-electron chi connectivity index (χ0n) is 16.5. The maximum atomic E-state index is 13.2. The number of aryl methyl sites for hydroxylation is 2. The largest absolute Gasteiger partial charge is 0.354 e. The predicted molar refractivity (Wildman–Crippen MR) is 103 cm³/mol. The molecule has 152 valence electrons. The van der Waals surface area contributed by atoms with Gasteiger partial charge in [0.2, 0.25) is 15.9 Å². The molecule has 2 aliphatic rings. The van der Waals surface area contributed by atoms with Crippen molar-refractivity contribution in [3.05, 3.63) is 11.4 Å². The van der Waals surface area contributed by atoms with Gasteiger partial charge in [-0.2, -0.15) is 9.40 Å². The second-order valence-electron chi connectivity index (χ2n) is 7.58. The first-order valence-corrected chi connectivity index (χ1v) is 11.3. The lowest BCUT2D eigenvalue weighted by Crippen LogP contribution is -2.46. The molecule has 2 unspecified atom stereocenters. The summed E-state index contributed by atoms with van der Waals surface area (Å²) in [5.41, 5.74) is 1.25. The summed E-state index contributed by atoms with van der Waals surface area (Å²) in [4.78, 5) is 12.5. The summed E-state index contributed by atoms with van der Waals surface area (Å²) in [7, 11) is -3.57.